The molecule has 0 heterocycles. The van der Waals surface area contributed by atoms with Gasteiger partial charge in [0.15, 0.2) is 0 Å². The van der Waals surface area contributed by atoms with E-state index in [2.05, 4.69) is 6.92 Å². The summed E-state index contributed by atoms with van der Waals surface area (Å²) < 4.78 is 11.3. The Kier molecular flexibility index (Phi) is 13.8. The van der Waals surface area contributed by atoms with Crippen LogP contribution in [0.15, 0.2) is 0 Å². The first kappa shape index (κ1) is 24.7. The van der Waals surface area contributed by atoms with Gasteiger partial charge in [0.2, 0.25) is 0 Å². The van der Waals surface area contributed by atoms with Gasteiger partial charge in [0.1, 0.15) is 6.61 Å². The minimum Gasteiger partial charge on any atom is -0.463 e. The first-order valence-corrected chi connectivity index (χ1v) is 13.1. The van der Waals surface area contributed by atoms with Gasteiger partial charge in [0, 0.05) is 6.42 Å². The fraction of sp³-hybridized carbons (Fsp3) is 0.962. The van der Waals surface area contributed by atoms with Gasteiger partial charge in [-0.15, -0.1) is 0 Å². The van der Waals surface area contributed by atoms with E-state index < -0.39 is 0 Å². The SMILES string of the molecule is CCCCCCCCCCCC(=O)OCCOC1CCC(C2CCCCC2)CC1. The number of ether oxygens (including phenoxy) is 2. The third-order valence-corrected chi connectivity index (χ3v) is 7.22. The predicted molar refractivity (Wildman–Crippen MR) is 121 cm³/mol. The Balaban J connectivity index is 1.36. The lowest BCUT2D eigenvalue weighted by Gasteiger charge is -2.35. The summed E-state index contributed by atoms with van der Waals surface area (Å²) >= 11 is 0. The van der Waals surface area contributed by atoms with E-state index >= 15 is 0 Å². The molecule has 3 heteroatoms. The van der Waals surface area contributed by atoms with E-state index in [4.69, 9.17) is 9.47 Å². The van der Waals surface area contributed by atoms with E-state index in [1.54, 1.807) is 0 Å². The third kappa shape index (κ3) is 11.4. The van der Waals surface area contributed by atoms with E-state index in [-0.39, 0.29) is 5.97 Å². The van der Waals surface area contributed by atoms with Gasteiger partial charge in [0.05, 0.1) is 12.7 Å². The number of unbranched alkanes of at least 4 members (excludes halogenated alkanes) is 8. The van der Waals surface area contributed by atoms with Gasteiger partial charge in [-0.25, -0.2) is 0 Å². The first-order chi connectivity index (χ1) is 14.3. The molecule has 3 nitrogen and oxygen atoms in total. The van der Waals surface area contributed by atoms with E-state index in [1.165, 1.54) is 103 Å². The Morgan fingerprint density at radius 1 is 0.690 bits per heavy atom. The quantitative estimate of drug-likeness (QED) is 0.207. The monoisotopic (exact) mass is 408 g/mol. The smallest absolute Gasteiger partial charge is 0.305 e. The Morgan fingerprint density at radius 3 is 1.93 bits per heavy atom. The average molecular weight is 409 g/mol. The number of rotatable bonds is 15. The highest BCUT2D eigenvalue weighted by Crippen LogP contribution is 2.38. The zero-order valence-electron chi connectivity index (χ0n) is 19.3. The maximum Gasteiger partial charge on any atom is 0.305 e. The van der Waals surface area contributed by atoms with Gasteiger partial charge in [-0.05, 0) is 43.9 Å². The first-order valence-electron chi connectivity index (χ1n) is 13.1. The van der Waals surface area contributed by atoms with Crippen LogP contribution in [0, 0.1) is 11.8 Å². The van der Waals surface area contributed by atoms with Gasteiger partial charge in [-0.1, -0.05) is 90.4 Å². The van der Waals surface area contributed by atoms with Crippen molar-refractivity contribution in [3.63, 3.8) is 0 Å². The van der Waals surface area contributed by atoms with Gasteiger partial charge >= 0.3 is 5.97 Å². The van der Waals surface area contributed by atoms with Crippen molar-refractivity contribution in [2.45, 2.75) is 135 Å². The molecule has 0 bridgehead atoms. The molecule has 0 radical (unpaired) electrons. The Hall–Kier alpha value is -0.570. The molecule has 29 heavy (non-hydrogen) atoms. The van der Waals surface area contributed by atoms with Gasteiger partial charge in [-0.3, -0.25) is 4.79 Å². The van der Waals surface area contributed by atoms with Crippen molar-refractivity contribution >= 4 is 5.97 Å². The molecule has 0 saturated heterocycles. The van der Waals surface area contributed by atoms with E-state index in [1.807, 2.05) is 0 Å². The molecule has 0 aromatic heterocycles. The van der Waals surface area contributed by atoms with Gasteiger partial charge in [0.25, 0.3) is 0 Å². The Bertz CT molecular complexity index is 395. The van der Waals surface area contributed by atoms with Crippen LogP contribution in [-0.2, 0) is 14.3 Å². The maximum atomic E-state index is 11.8. The molecule has 2 saturated carbocycles. The van der Waals surface area contributed by atoms with Crippen molar-refractivity contribution in [1.29, 1.82) is 0 Å². The second-order valence-corrected chi connectivity index (χ2v) is 9.60. The maximum absolute atomic E-state index is 11.8. The molecule has 0 aromatic carbocycles. The van der Waals surface area contributed by atoms with Crippen LogP contribution in [0.5, 0.6) is 0 Å². The highest BCUT2D eigenvalue weighted by molar-refractivity contribution is 5.69. The number of esters is 1. The normalized spacial score (nSPS) is 23.2. The summed E-state index contributed by atoms with van der Waals surface area (Å²) in [5.74, 6) is 1.90. The fourth-order valence-electron chi connectivity index (χ4n) is 5.35. The lowest BCUT2D eigenvalue weighted by molar-refractivity contribution is -0.146. The van der Waals surface area contributed by atoms with Gasteiger partial charge in [-0.2, -0.15) is 0 Å². The molecule has 0 spiro atoms. The topological polar surface area (TPSA) is 35.5 Å². The number of hydrogen-bond donors (Lipinski definition) is 0. The summed E-state index contributed by atoms with van der Waals surface area (Å²) in [6.45, 7) is 3.26. The minimum atomic E-state index is -0.0439. The Morgan fingerprint density at radius 2 is 1.28 bits per heavy atom. The van der Waals surface area contributed by atoms with Crippen LogP contribution in [0.1, 0.15) is 129 Å². The van der Waals surface area contributed by atoms with Crippen LogP contribution in [0.4, 0.5) is 0 Å². The van der Waals surface area contributed by atoms with Crippen LogP contribution in [0.25, 0.3) is 0 Å². The zero-order valence-corrected chi connectivity index (χ0v) is 19.3. The summed E-state index contributed by atoms with van der Waals surface area (Å²) in [7, 11) is 0. The molecular weight excluding hydrogens is 360 g/mol. The summed E-state index contributed by atoms with van der Waals surface area (Å²) in [4.78, 5) is 11.8. The lowest BCUT2D eigenvalue weighted by atomic mass is 9.73. The molecular formula is C26H48O3. The van der Waals surface area contributed by atoms with Crippen molar-refractivity contribution in [2.75, 3.05) is 13.2 Å². The molecule has 0 unspecified atom stereocenters. The minimum absolute atomic E-state index is 0.0439. The molecule has 0 amide bonds. The van der Waals surface area contributed by atoms with Crippen LogP contribution in [0.3, 0.4) is 0 Å². The number of carbonyl (C=O) groups is 1. The second kappa shape index (κ2) is 16.2. The van der Waals surface area contributed by atoms with Crippen molar-refractivity contribution in [3.8, 4) is 0 Å². The van der Waals surface area contributed by atoms with Crippen molar-refractivity contribution < 1.29 is 14.3 Å². The summed E-state index contributed by atoms with van der Waals surface area (Å²) in [6.07, 6.45) is 24.8. The largest absolute Gasteiger partial charge is 0.463 e. The van der Waals surface area contributed by atoms with Crippen LogP contribution in [0.2, 0.25) is 0 Å². The molecule has 0 N–H and O–H groups in total. The second-order valence-electron chi connectivity index (χ2n) is 9.60. The fourth-order valence-corrected chi connectivity index (χ4v) is 5.35. The standard InChI is InChI=1S/C26H48O3/c1-2-3-4-5-6-7-8-9-13-16-26(27)29-22-21-28-25-19-17-24(18-20-25)23-14-11-10-12-15-23/h23-25H,2-22H2,1H3. The number of carbonyl (C=O) groups excluding carboxylic acids is 1. The molecule has 2 fully saturated rings. The highest BCUT2D eigenvalue weighted by Gasteiger charge is 2.28. The van der Waals surface area contributed by atoms with E-state index in [0.29, 0.717) is 25.7 Å². The summed E-state index contributed by atoms with van der Waals surface area (Å²) in [5.41, 5.74) is 0. The third-order valence-electron chi connectivity index (χ3n) is 7.22. The van der Waals surface area contributed by atoms with E-state index in [0.717, 1.165) is 24.7 Å². The van der Waals surface area contributed by atoms with Crippen LogP contribution in [-0.4, -0.2) is 25.3 Å². The summed E-state index contributed by atoms with van der Waals surface area (Å²) in [5, 5.41) is 0. The van der Waals surface area contributed by atoms with Gasteiger partial charge < -0.3 is 9.47 Å². The molecule has 0 atom stereocenters. The van der Waals surface area contributed by atoms with Crippen molar-refractivity contribution in [3.05, 3.63) is 0 Å². The molecule has 2 aliphatic carbocycles. The van der Waals surface area contributed by atoms with Crippen molar-refractivity contribution in [1.82, 2.24) is 0 Å². The highest BCUT2D eigenvalue weighted by atomic mass is 16.6. The summed E-state index contributed by atoms with van der Waals surface area (Å²) in [6, 6.07) is 0. The molecule has 0 aromatic rings. The van der Waals surface area contributed by atoms with Crippen LogP contribution < -0.4 is 0 Å². The predicted octanol–water partition coefficient (Wildman–Crippen LogP) is 7.61. The lowest BCUT2D eigenvalue weighted by Crippen LogP contribution is -2.28. The number of hydrogen-bond acceptors (Lipinski definition) is 3. The van der Waals surface area contributed by atoms with Crippen molar-refractivity contribution in [2.24, 2.45) is 11.8 Å². The molecule has 170 valence electrons. The molecule has 0 aliphatic heterocycles. The average Bonchev–Trinajstić information content (AvgIpc) is 2.76. The van der Waals surface area contributed by atoms with Crippen LogP contribution >= 0.6 is 0 Å². The zero-order chi connectivity index (χ0) is 20.6. The Labute approximate surface area is 180 Å². The molecule has 2 aliphatic rings. The van der Waals surface area contributed by atoms with E-state index in [9.17, 15) is 4.79 Å². The molecule has 2 rings (SSSR count).